The van der Waals surface area contributed by atoms with Crippen LogP contribution in [0.2, 0.25) is 0 Å². The number of fused-ring (bicyclic) bond motifs is 1. The van der Waals surface area contributed by atoms with Gasteiger partial charge in [0.15, 0.2) is 9.84 Å². The van der Waals surface area contributed by atoms with E-state index in [0.29, 0.717) is 17.3 Å². The summed E-state index contributed by atoms with van der Waals surface area (Å²) in [5, 5.41) is 11.2. The molecule has 2 N–H and O–H groups in total. The number of benzene rings is 2. The Morgan fingerprint density at radius 2 is 2.00 bits per heavy atom. The van der Waals surface area contributed by atoms with Gasteiger partial charge in [-0.15, -0.1) is 0 Å². The first-order valence-electron chi connectivity index (χ1n) is 8.91. The van der Waals surface area contributed by atoms with Crippen molar-refractivity contribution in [1.29, 1.82) is 0 Å². The van der Waals surface area contributed by atoms with Crippen LogP contribution in [0.4, 0.5) is 23.1 Å². The second-order valence-corrected chi connectivity index (χ2v) is 8.97. The number of nitrogens with zero attached hydrogens (tertiary/aromatic N) is 4. The van der Waals surface area contributed by atoms with E-state index < -0.39 is 9.84 Å². The summed E-state index contributed by atoms with van der Waals surface area (Å²) < 4.78 is 23.1. The van der Waals surface area contributed by atoms with Gasteiger partial charge in [0.25, 0.3) is 0 Å². The van der Waals surface area contributed by atoms with Gasteiger partial charge in [-0.25, -0.2) is 13.4 Å². The van der Waals surface area contributed by atoms with Gasteiger partial charge in [0.05, 0.1) is 17.5 Å². The van der Waals surface area contributed by atoms with Gasteiger partial charge in [0.1, 0.15) is 5.82 Å². The summed E-state index contributed by atoms with van der Waals surface area (Å²) >= 11 is 0. The Bertz CT molecular complexity index is 1270. The Morgan fingerprint density at radius 3 is 2.83 bits per heavy atom. The molecule has 4 aromatic rings. The molecule has 0 atom stereocenters. The van der Waals surface area contributed by atoms with Crippen molar-refractivity contribution in [3.05, 3.63) is 66.5 Å². The first-order valence-corrected chi connectivity index (χ1v) is 11.0. The highest BCUT2D eigenvalue weighted by molar-refractivity contribution is 7.89. The second-order valence-electron chi connectivity index (χ2n) is 6.83. The van der Waals surface area contributed by atoms with Crippen LogP contribution in [0, 0.1) is 0 Å². The van der Waals surface area contributed by atoms with E-state index in [2.05, 4.69) is 25.5 Å². The average molecular weight is 408 g/mol. The van der Waals surface area contributed by atoms with E-state index in [9.17, 15) is 8.42 Å². The molecule has 0 bridgehead atoms. The van der Waals surface area contributed by atoms with Crippen molar-refractivity contribution in [3.8, 4) is 0 Å². The zero-order valence-corrected chi connectivity index (χ0v) is 16.8. The summed E-state index contributed by atoms with van der Waals surface area (Å²) in [4.78, 5) is 10.8. The molecule has 0 unspecified atom stereocenters. The maximum Gasteiger partial charge on any atom is 0.229 e. The Hall–Kier alpha value is -3.46. The number of hydrogen-bond donors (Lipinski definition) is 2. The lowest BCUT2D eigenvalue weighted by Gasteiger charge is -2.19. The van der Waals surface area contributed by atoms with Crippen molar-refractivity contribution in [1.82, 2.24) is 20.2 Å². The molecule has 2 heterocycles. The third-order valence-electron chi connectivity index (χ3n) is 4.41. The molecule has 0 saturated carbocycles. The summed E-state index contributed by atoms with van der Waals surface area (Å²) in [5.74, 6) is 1.13. The van der Waals surface area contributed by atoms with Gasteiger partial charge >= 0.3 is 0 Å². The first kappa shape index (κ1) is 18.9. The highest BCUT2D eigenvalue weighted by atomic mass is 32.2. The van der Waals surface area contributed by atoms with Crippen LogP contribution in [0.15, 0.2) is 60.9 Å². The van der Waals surface area contributed by atoms with E-state index in [1.807, 2.05) is 42.3 Å². The van der Waals surface area contributed by atoms with E-state index in [-0.39, 0.29) is 5.75 Å². The quantitative estimate of drug-likeness (QED) is 0.504. The summed E-state index contributed by atoms with van der Waals surface area (Å²) in [6.07, 6.45) is 4.68. The third kappa shape index (κ3) is 4.52. The minimum atomic E-state index is -3.10. The van der Waals surface area contributed by atoms with Crippen molar-refractivity contribution in [2.45, 2.75) is 5.75 Å². The fraction of sp³-hybridized carbons (Fsp3) is 0.150. The normalized spacial score (nSPS) is 11.5. The third-order valence-corrected chi connectivity index (χ3v) is 5.27. The fourth-order valence-corrected chi connectivity index (χ4v) is 3.82. The molecule has 29 heavy (non-hydrogen) atoms. The van der Waals surface area contributed by atoms with Crippen LogP contribution in [-0.4, -0.2) is 41.9 Å². The number of aromatic nitrogens is 4. The zero-order valence-electron chi connectivity index (χ0n) is 16.0. The lowest BCUT2D eigenvalue weighted by Crippen LogP contribution is -2.12. The average Bonchev–Trinajstić information content (AvgIpc) is 3.14. The molecule has 0 aliphatic heterocycles. The molecule has 0 aliphatic rings. The van der Waals surface area contributed by atoms with Crippen LogP contribution in [0.5, 0.6) is 0 Å². The highest BCUT2D eigenvalue weighted by Gasteiger charge is 2.10. The monoisotopic (exact) mass is 408 g/mol. The molecule has 0 saturated heterocycles. The molecule has 0 fully saturated rings. The van der Waals surface area contributed by atoms with Gasteiger partial charge in [-0.1, -0.05) is 12.1 Å². The second kappa shape index (κ2) is 7.51. The van der Waals surface area contributed by atoms with Crippen LogP contribution in [0.25, 0.3) is 10.9 Å². The molecule has 2 aromatic carbocycles. The van der Waals surface area contributed by atoms with Gasteiger partial charge in [-0.05, 0) is 42.0 Å². The number of H-pyrrole nitrogens is 1. The lowest BCUT2D eigenvalue weighted by atomic mass is 10.2. The molecule has 4 rings (SSSR count). The van der Waals surface area contributed by atoms with Gasteiger partial charge in [-0.3, -0.25) is 5.10 Å². The molecular formula is C20H20N6O2S. The Kier molecular flexibility index (Phi) is 4.89. The molecule has 2 aromatic heterocycles. The minimum Gasteiger partial charge on any atom is -0.329 e. The standard InChI is InChI=1S/C20H20N6O2S/c1-26(17-7-6-15-12-22-25-18(15)11-17)19-8-9-21-20(24-19)23-16-5-3-4-14(10-16)13-29(2,27)28/h3-12H,13H2,1-2H3,(H,22,25)(H,21,23,24). The smallest absolute Gasteiger partial charge is 0.229 e. The van der Waals surface area contributed by atoms with Crippen LogP contribution in [-0.2, 0) is 15.6 Å². The molecule has 0 amide bonds. The van der Waals surface area contributed by atoms with Gasteiger partial charge in [0, 0.05) is 36.3 Å². The van der Waals surface area contributed by atoms with Crippen molar-refractivity contribution >= 4 is 43.9 Å². The zero-order chi connectivity index (χ0) is 20.4. The summed E-state index contributed by atoms with van der Waals surface area (Å²) in [6, 6.07) is 15.0. The maximum atomic E-state index is 11.5. The predicted molar refractivity (Wildman–Crippen MR) is 114 cm³/mol. The Morgan fingerprint density at radius 1 is 1.14 bits per heavy atom. The van der Waals surface area contributed by atoms with Crippen molar-refractivity contribution in [2.75, 3.05) is 23.5 Å². The number of anilines is 4. The van der Waals surface area contributed by atoms with E-state index >= 15 is 0 Å². The lowest BCUT2D eigenvalue weighted by molar-refractivity contribution is 0.601. The van der Waals surface area contributed by atoms with Gasteiger partial charge in [0.2, 0.25) is 5.95 Å². The molecule has 0 radical (unpaired) electrons. The summed E-state index contributed by atoms with van der Waals surface area (Å²) in [5.41, 5.74) is 3.34. The van der Waals surface area contributed by atoms with E-state index in [1.54, 1.807) is 30.6 Å². The van der Waals surface area contributed by atoms with Crippen molar-refractivity contribution in [3.63, 3.8) is 0 Å². The predicted octanol–water partition coefficient (Wildman–Crippen LogP) is 3.41. The molecule has 0 spiro atoms. The van der Waals surface area contributed by atoms with Crippen LogP contribution >= 0.6 is 0 Å². The van der Waals surface area contributed by atoms with Crippen molar-refractivity contribution in [2.24, 2.45) is 0 Å². The molecular weight excluding hydrogens is 388 g/mol. The van der Waals surface area contributed by atoms with Crippen LogP contribution in [0.1, 0.15) is 5.56 Å². The first-order chi connectivity index (χ1) is 13.9. The Labute approximate surface area is 168 Å². The van der Waals surface area contributed by atoms with E-state index in [1.165, 1.54) is 6.26 Å². The minimum absolute atomic E-state index is 0.0117. The topological polar surface area (TPSA) is 104 Å². The van der Waals surface area contributed by atoms with Gasteiger partial charge in [-0.2, -0.15) is 10.1 Å². The van der Waals surface area contributed by atoms with E-state index in [0.717, 1.165) is 22.3 Å². The number of rotatable bonds is 6. The van der Waals surface area contributed by atoms with Gasteiger partial charge < -0.3 is 10.2 Å². The number of sulfone groups is 1. The summed E-state index contributed by atoms with van der Waals surface area (Å²) in [6.45, 7) is 0. The molecule has 8 nitrogen and oxygen atoms in total. The molecule has 0 aliphatic carbocycles. The number of hydrogen-bond acceptors (Lipinski definition) is 7. The SMILES string of the molecule is CN(c1ccc2cn[nH]c2c1)c1ccnc(Nc2cccc(CS(C)(=O)=O)c2)n1. The maximum absolute atomic E-state index is 11.5. The number of aromatic amines is 1. The number of nitrogens with one attached hydrogen (secondary N) is 2. The van der Waals surface area contributed by atoms with E-state index in [4.69, 9.17) is 0 Å². The van der Waals surface area contributed by atoms with Crippen LogP contribution < -0.4 is 10.2 Å². The summed E-state index contributed by atoms with van der Waals surface area (Å²) in [7, 11) is -1.17. The molecule has 148 valence electrons. The molecule has 9 heteroatoms. The fourth-order valence-electron chi connectivity index (χ4n) is 3.03. The van der Waals surface area contributed by atoms with Crippen molar-refractivity contribution < 1.29 is 8.42 Å². The Balaban J connectivity index is 1.56. The highest BCUT2D eigenvalue weighted by Crippen LogP contribution is 2.26. The largest absolute Gasteiger partial charge is 0.329 e. The van der Waals surface area contributed by atoms with Crippen LogP contribution in [0.3, 0.4) is 0 Å².